The molecule has 22 heavy (non-hydrogen) atoms. The molecule has 0 heterocycles. The Kier molecular flexibility index (Phi) is 4.84. The Morgan fingerprint density at radius 2 is 1.95 bits per heavy atom. The lowest BCUT2D eigenvalue weighted by Crippen LogP contribution is -1.95. The Labute approximate surface area is 129 Å². The van der Waals surface area contributed by atoms with Gasteiger partial charge in [0.15, 0.2) is 11.5 Å². The van der Waals surface area contributed by atoms with Crippen LogP contribution in [0.25, 0.3) is 6.08 Å². The Balaban J connectivity index is 2.29. The fraction of sp³-hybridized carbons (Fsp3) is 0.167. The number of phenols is 2. The van der Waals surface area contributed by atoms with Crippen LogP contribution in [0.1, 0.15) is 16.7 Å². The molecular weight excluding hydrogens is 280 g/mol. The van der Waals surface area contributed by atoms with Gasteiger partial charge in [0.2, 0.25) is 0 Å². The summed E-state index contributed by atoms with van der Waals surface area (Å²) in [4.78, 5) is 11.3. The maximum absolute atomic E-state index is 11.3. The van der Waals surface area contributed by atoms with Crippen LogP contribution in [0.4, 0.5) is 0 Å². The van der Waals surface area contributed by atoms with Crippen LogP contribution in [0.15, 0.2) is 42.0 Å². The van der Waals surface area contributed by atoms with Crippen molar-refractivity contribution in [1.29, 1.82) is 0 Å². The second-order valence-corrected chi connectivity index (χ2v) is 5.01. The molecule has 2 aromatic carbocycles. The third kappa shape index (κ3) is 3.47. The second kappa shape index (κ2) is 6.80. The number of ether oxygens (including phenoxy) is 1. The van der Waals surface area contributed by atoms with E-state index in [2.05, 4.69) is 0 Å². The van der Waals surface area contributed by atoms with E-state index in [-0.39, 0.29) is 11.5 Å². The highest BCUT2D eigenvalue weighted by molar-refractivity contribution is 5.82. The first-order valence-corrected chi connectivity index (χ1v) is 6.85. The highest BCUT2D eigenvalue weighted by Gasteiger charge is 2.07. The quantitative estimate of drug-likeness (QED) is 0.657. The van der Waals surface area contributed by atoms with E-state index in [0.29, 0.717) is 23.3 Å². The second-order valence-electron chi connectivity index (χ2n) is 5.01. The van der Waals surface area contributed by atoms with Crippen molar-refractivity contribution in [2.75, 3.05) is 7.11 Å². The van der Waals surface area contributed by atoms with E-state index in [4.69, 9.17) is 4.74 Å². The maximum atomic E-state index is 11.3. The van der Waals surface area contributed by atoms with Gasteiger partial charge in [0.05, 0.1) is 7.11 Å². The van der Waals surface area contributed by atoms with Crippen LogP contribution in [-0.2, 0) is 11.2 Å². The Hall–Kier alpha value is -2.75. The number of carbonyl (C=O) groups is 1. The topological polar surface area (TPSA) is 66.8 Å². The van der Waals surface area contributed by atoms with Crippen molar-refractivity contribution in [3.05, 3.63) is 58.7 Å². The number of aldehydes is 1. The van der Waals surface area contributed by atoms with E-state index in [0.717, 1.165) is 17.4 Å². The van der Waals surface area contributed by atoms with Crippen molar-refractivity contribution in [3.8, 4) is 17.2 Å². The summed E-state index contributed by atoms with van der Waals surface area (Å²) < 4.78 is 4.99. The summed E-state index contributed by atoms with van der Waals surface area (Å²) in [5.41, 5.74) is 2.90. The summed E-state index contributed by atoms with van der Waals surface area (Å²) in [5.74, 6) is 0.619. The minimum atomic E-state index is 0.0232. The minimum absolute atomic E-state index is 0.0232. The van der Waals surface area contributed by atoms with Gasteiger partial charge in [-0.15, -0.1) is 0 Å². The molecule has 0 fully saturated rings. The van der Waals surface area contributed by atoms with Gasteiger partial charge in [0, 0.05) is 6.42 Å². The number of methoxy groups -OCH3 is 1. The molecule has 0 atom stereocenters. The Morgan fingerprint density at radius 3 is 2.59 bits per heavy atom. The van der Waals surface area contributed by atoms with Crippen LogP contribution in [0, 0.1) is 6.92 Å². The van der Waals surface area contributed by atoms with Crippen molar-refractivity contribution in [2.45, 2.75) is 13.3 Å². The summed E-state index contributed by atoms with van der Waals surface area (Å²) in [7, 11) is 1.48. The zero-order chi connectivity index (χ0) is 16.1. The van der Waals surface area contributed by atoms with Crippen molar-refractivity contribution < 1.29 is 19.7 Å². The summed E-state index contributed by atoms with van der Waals surface area (Å²) >= 11 is 0. The third-order valence-electron chi connectivity index (χ3n) is 3.52. The van der Waals surface area contributed by atoms with E-state index in [1.807, 2.05) is 13.0 Å². The molecule has 0 unspecified atom stereocenters. The number of hydrogen-bond donors (Lipinski definition) is 2. The van der Waals surface area contributed by atoms with Crippen molar-refractivity contribution in [2.24, 2.45) is 0 Å². The molecule has 4 heteroatoms. The number of hydrogen-bond acceptors (Lipinski definition) is 4. The van der Waals surface area contributed by atoms with Gasteiger partial charge in [0.1, 0.15) is 12.0 Å². The fourth-order valence-electron chi connectivity index (χ4n) is 2.22. The van der Waals surface area contributed by atoms with Gasteiger partial charge >= 0.3 is 0 Å². The van der Waals surface area contributed by atoms with E-state index >= 15 is 0 Å². The molecule has 0 bridgehead atoms. The third-order valence-corrected chi connectivity index (χ3v) is 3.52. The molecule has 0 aliphatic carbocycles. The van der Waals surface area contributed by atoms with E-state index in [1.54, 1.807) is 30.3 Å². The number of benzene rings is 2. The lowest BCUT2D eigenvalue weighted by Gasteiger charge is -2.08. The first kappa shape index (κ1) is 15.6. The van der Waals surface area contributed by atoms with E-state index in [1.165, 1.54) is 13.2 Å². The predicted molar refractivity (Wildman–Crippen MR) is 85.2 cm³/mol. The van der Waals surface area contributed by atoms with Crippen molar-refractivity contribution in [3.63, 3.8) is 0 Å². The molecule has 2 aromatic rings. The van der Waals surface area contributed by atoms with Crippen LogP contribution in [0.3, 0.4) is 0 Å². The average molecular weight is 298 g/mol. The molecule has 2 rings (SSSR count). The molecule has 114 valence electrons. The number of aromatic hydroxyl groups is 2. The first-order valence-electron chi connectivity index (χ1n) is 6.85. The van der Waals surface area contributed by atoms with Crippen molar-refractivity contribution in [1.82, 2.24) is 0 Å². The molecule has 0 aliphatic heterocycles. The fourth-order valence-corrected chi connectivity index (χ4v) is 2.22. The smallest absolute Gasteiger partial charge is 0.160 e. The van der Waals surface area contributed by atoms with Crippen LogP contribution in [0.5, 0.6) is 17.2 Å². The highest BCUT2D eigenvalue weighted by atomic mass is 16.5. The Morgan fingerprint density at radius 1 is 1.18 bits per heavy atom. The first-order chi connectivity index (χ1) is 10.5. The lowest BCUT2D eigenvalue weighted by atomic mass is 9.99. The van der Waals surface area contributed by atoms with Gasteiger partial charge in [-0.2, -0.15) is 0 Å². The summed E-state index contributed by atoms with van der Waals surface area (Å²) in [6, 6.07) is 10.2. The molecule has 0 saturated heterocycles. The molecule has 0 radical (unpaired) electrons. The zero-order valence-corrected chi connectivity index (χ0v) is 12.5. The molecule has 0 amide bonds. The van der Waals surface area contributed by atoms with Crippen LogP contribution in [0.2, 0.25) is 0 Å². The largest absolute Gasteiger partial charge is 0.508 e. The summed E-state index contributed by atoms with van der Waals surface area (Å²) in [6.45, 7) is 1.81. The van der Waals surface area contributed by atoms with Crippen LogP contribution in [-0.4, -0.2) is 23.6 Å². The number of carbonyl (C=O) groups excluding carboxylic acids is 1. The molecule has 0 aliphatic rings. The van der Waals surface area contributed by atoms with Gasteiger partial charge in [-0.1, -0.05) is 18.2 Å². The number of phenolic OH excluding ortho intramolecular Hbond substituents is 2. The van der Waals surface area contributed by atoms with Gasteiger partial charge in [-0.25, -0.2) is 0 Å². The van der Waals surface area contributed by atoms with Crippen LogP contribution < -0.4 is 4.74 Å². The molecular formula is C18H18O4. The number of allylic oxidation sites excluding steroid dienone is 1. The molecule has 0 spiro atoms. The maximum Gasteiger partial charge on any atom is 0.160 e. The monoisotopic (exact) mass is 298 g/mol. The highest BCUT2D eigenvalue weighted by Crippen LogP contribution is 2.28. The Bertz CT molecular complexity index is 717. The summed E-state index contributed by atoms with van der Waals surface area (Å²) in [6.07, 6.45) is 2.90. The SMILES string of the molecule is COc1ccc(/C=C(/C=O)Cc2cccc(O)c2C)cc1O. The molecule has 0 aromatic heterocycles. The van der Waals surface area contributed by atoms with Gasteiger partial charge in [0.25, 0.3) is 0 Å². The van der Waals surface area contributed by atoms with E-state index in [9.17, 15) is 15.0 Å². The number of rotatable bonds is 5. The normalized spacial score (nSPS) is 11.3. The molecule has 4 nitrogen and oxygen atoms in total. The van der Waals surface area contributed by atoms with Gasteiger partial charge < -0.3 is 14.9 Å². The van der Waals surface area contributed by atoms with Gasteiger partial charge in [-0.05, 0) is 53.5 Å². The summed E-state index contributed by atoms with van der Waals surface area (Å²) in [5, 5.41) is 19.5. The lowest BCUT2D eigenvalue weighted by molar-refractivity contribution is -0.104. The van der Waals surface area contributed by atoms with Crippen molar-refractivity contribution >= 4 is 12.4 Å². The predicted octanol–water partition coefficient (Wildman–Crippen LogP) is 3.24. The average Bonchev–Trinajstić information content (AvgIpc) is 2.51. The zero-order valence-electron chi connectivity index (χ0n) is 12.5. The minimum Gasteiger partial charge on any atom is -0.508 e. The van der Waals surface area contributed by atoms with E-state index < -0.39 is 0 Å². The standard InChI is InChI=1S/C18H18O4/c1-12-15(4-3-5-16(12)20)9-14(11-19)8-13-6-7-18(22-2)17(21)10-13/h3-8,10-11,20-21H,9H2,1-2H3/b14-8+. The molecule has 0 saturated carbocycles. The van der Waals surface area contributed by atoms with Crippen LogP contribution >= 0.6 is 0 Å². The molecule has 2 N–H and O–H groups in total. The van der Waals surface area contributed by atoms with Gasteiger partial charge in [-0.3, -0.25) is 4.79 Å².